The minimum atomic E-state index is 0.897. The molecule has 0 N–H and O–H groups in total. The van der Waals surface area contributed by atoms with E-state index in [1.807, 2.05) is 11.8 Å². The number of rotatable bonds is 4. The fourth-order valence-corrected chi connectivity index (χ4v) is 4.23. The van der Waals surface area contributed by atoms with Crippen molar-refractivity contribution in [3.63, 3.8) is 0 Å². The molecule has 0 spiro atoms. The second-order valence-electron chi connectivity index (χ2n) is 6.05. The summed E-state index contributed by atoms with van der Waals surface area (Å²) >= 11 is 1.90. The van der Waals surface area contributed by atoms with Crippen LogP contribution in [-0.2, 0) is 5.75 Å². The summed E-state index contributed by atoms with van der Waals surface area (Å²) in [4.78, 5) is 8.23. The first-order valence-corrected chi connectivity index (χ1v) is 9.26. The average molecular weight is 332 g/mol. The predicted molar refractivity (Wildman–Crippen MR) is 104 cm³/mol. The molecule has 0 aromatic heterocycles. The lowest BCUT2D eigenvalue weighted by Gasteiger charge is -2.17. The number of thioether (sulfide) groups is 1. The predicted octanol–water partition coefficient (Wildman–Crippen LogP) is 4.82. The molecule has 3 heteroatoms. The summed E-state index contributed by atoms with van der Waals surface area (Å²) in [7, 11) is 2.12. The number of likely N-dealkylation sites (N-methyl/N-ethyl adjacent to an activating group) is 1. The molecule has 0 bridgehead atoms. The smallest absolute Gasteiger partial charge is 0.131 e. The van der Waals surface area contributed by atoms with Crippen LogP contribution in [0.2, 0.25) is 0 Å². The lowest BCUT2D eigenvalue weighted by molar-refractivity contribution is 0.556. The van der Waals surface area contributed by atoms with Crippen LogP contribution in [0.3, 0.4) is 0 Å². The van der Waals surface area contributed by atoms with Crippen molar-refractivity contribution >= 4 is 28.4 Å². The van der Waals surface area contributed by atoms with Crippen LogP contribution in [-0.4, -0.2) is 30.9 Å². The molecule has 3 aromatic carbocycles. The van der Waals surface area contributed by atoms with Crippen LogP contribution in [0.5, 0.6) is 0 Å². The summed E-state index contributed by atoms with van der Waals surface area (Å²) < 4.78 is 0. The molecule has 1 aliphatic rings. The van der Waals surface area contributed by atoms with E-state index in [0.29, 0.717) is 0 Å². The molecule has 1 aliphatic heterocycles. The number of aliphatic imine (C=N–C) groups is 1. The summed E-state index contributed by atoms with van der Waals surface area (Å²) in [5.41, 5.74) is 2.64. The molecule has 1 heterocycles. The minimum Gasteiger partial charge on any atom is -0.358 e. The Kier molecular flexibility index (Phi) is 4.26. The number of fused-ring (bicyclic) bond motifs is 1. The van der Waals surface area contributed by atoms with Gasteiger partial charge in [0.25, 0.3) is 0 Å². The quantitative estimate of drug-likeness (QED) is 0.636. The van der Waals surface area contributed by atoms with E-state index in [1.54, 1.807) is 0 Å². The van der Waals surface area contributed by atoms with Crippen molar-refractivity contribution in [2.45, 2.75) is 10.6 Å². The first-order chi connectivity index (χ1) is 11.8. The maximum atomic E-state index is 4.68. The van der Waals surface area contributed by atoms with Gasteiger partial charge in [-0.1, -0.05) is 60.7 Å². The number of benzene rings is 3. The highest BCUT2D eigenvalue weighted by Gasteiger charge is 2.17. The summed E-state index contributed by atoms with van der Waals surface area (Å²) in [6.07, 6.45) is 0. The Balaban J connectivity index is 1.62. The molecule has 0 fully saturated rings. The molecule has 0 saturated heterocycles. The van der Waals surface area contributed by atoms with Crippen LogP contribution in [0.1, 0.15) is 11.1 Å². The Morgan fingerprint density at radius 3 is 2.62 bits per heavy atom. The van der Waals surface area contributed by atoms with Crippen LogP contribution >= 0.6 is 11.8 Å². The monoisotopic (exact) mass is 332 g/mol. The number of hydrogen-bond donors (Lipinski definition) is 0. The molecule has 0 atom stereocenters. The van der Waals surface area contributed by atoms with Crippen LogP contribution in [0.4, 0.5) is 0 Å². The molecule has 0 unspecified atom stereocenters. The second kappa shape index (κ2) is 6.70. The van der Waals surface area contributed by atoms with Gasteiger partial charge in [0.05, 0.1) is 6.54 Å². The molecule has 0 aliphatic carbocycles. The Morgan fingerprint density at radius 2 is 1.75 bits per heavy atom. The van der Waals surface area contributed by atoms with E-state index in [1.165, 1.54) is 26.8 Å². The van der Waals surface area contributed by atoms with Gasteiger partial charge in [0.1, 0.15) is 5.84 Å². The third kappa shape index (κ3) is 2.92. The van der Waals surface area contributed by atoms with Crippen molar-refractivity contribution in [2.75, 3.05) is 20.1 Å². The Morgan fingerprint density at radius 1 is 0.958 bits per heavy atom. The van der Waals surface area contributed by atoms with Gasteiger partial charge in [0.2, 0.25) is 0 Å². The molecule has 24 heavy (non-hydrogen) atoms. The lowest BCUT2D eigenvalue weighted by Crippen LogP contribution is -2.23. The molecule has 120 valence electrons. The molecule has 0 radical (unpaired) electrons. The van der Waals surface area contributed by atoms with Crippen LogP contribution in [0.15, 0.2) is 76.6 Å². The lowest BCUT2D eigenvalue weighted by atomic mass is 10.1. The molecule has 3 aromatic rings. The number of amidine groups is 1. The van der Waals surface area contributed by atoms with Gasteiger partial charge in [-0.05, 0) is 22.4 Å². The first kappa shape index (κ1) is 15.3. The Labute approximate surface area is 147 Å². The summed E-state index contributed by atoms with van der Waals surface area (Å²) in [6, 6.07) is 23.8. The molecule has 4 rings (SSSR count). The normalized spacial score (nSPS) is 14.2. The van der Waals surface area contributed by atoms with Crippen LogP contribution < -0.4 is 0 Å². The third-order valence-corrected chi connectivity index (χ3v) is 5.57. The zero-order chi connectivity index (χ0) is 16.4. The van der Waals surface area contributed by atoms with E-state index in [-0.39, 0.29) is 0 Å². The molecule has 2 nitrogen and oxygen atoms in total. The highest BCUT2D eigenvalue weighted by atomic mass is 32.2. The second-order valence-corrected chi connectivity index (χ2v) is 7.07. The molecular weight excluding hydrogens is 312 g/mol. The summed E-state index contributed by atoms with van der Waals surface area (Å²) in [6.45, 7) is 1.91. The topological polar surface area (TPSA) is 15.6 Å². The fraction of sp³-hybridized carbons (Fsp3) is 0.190. The first-order valence-electron chi connectivity index (χ1n) is 8.27. The molecule has 0 saturated carbocycles. The van der Waals surface area contributed by atoms with E-state index in [9.17, 15) is 0 Å². The van der Waals surface area contributed by atoms with Gasteiger partial charge >= 0.3 is 0 Å². The van der Waals surface area contributed by atoms with Gasteiger partial charge in [-0.2, -0.15) is 0 Å². The van der Waals surface area contributed by atoms with Crippen molar-refractivity contribution in [1.82, 2.24) is 4.90 Å². The van der Waals surface area contributed by atoms with E-state index in [0.717, 1.165) is 24.7 Å². The fourth-order valence-electron chi connectivity index (χ4n) is 3.17. The maximum Gasteiger partial charge on any atom is 0.131 e. The standard InChI is InChI=1S/C21H20N2S/c1-23-14-13-22-21(23)19-11-4-5-12-20(19)24-15-17-9-6-8-16-7-2-3-10-18(16)17/h2-12H,13-15H2,1H3. The van der Waals surface area contributed by atoms with Crippen molar-refractivity contribution < 1.29 is 0 Å². The van der Waals surface area contributed by atoms with Gasteiger partial charge < -0.3 is 4.90 Å². The number of nitrogens with zero attached hydrogens (tertiary/aromatic N) is 2. The maximum absolute atomic E-state index is 4.68. The average Bonchev–Trinajstić information content (AvgIpc) is 3.06. The largest absolute Gasteiger partial charge is 0.358 e. The summed E-state index contributed by atoms with van der Waals surface area (Å²) in [5, 5.41) is 2.66. The molecular formula is C21H20N2S. The highest BCUT2D eigenvalue weighted by molar-refractivity contribution is 7.98. The van der Waals surface area contributed by atoms with Crippen molar-refractivity contribution in [2.24, 2.45) is 4.99 Å². The van der Waals surface area contributed by atoms with Gasteiger partial charge in [-0.15, -0.1) is 11.8 Å². The molecule has 0 amide bonds. The van der Waals surface area contributed by atoms with Gasteiger partial charge in [-0.3, -0.25) is 4.99 Å². The van der Waals surface area contributed by atoms with Gasteiger partial charge in [0.15, 0.2) is 0 Å². The number of hydrogen-bond acceptors (Lipinski definition) is 3. The minimum absolute atomic E-state index is 0.897. The van der Waals surface area contributed by atoms with E-state index >= 15 is 0 Å². The van der Waals surface area contributed by atoms with E-state index < -0.39 is 0 Å². The SMILES string of the molecule is CN1CCN=C1c1ccccc1SCc1cccc2ccccc12. The van der Waals surface area contributed by atoms with E-state index in [2.05, 4.69) is 83.7 Å². The van der Waals surface area contributed by atoms with Crippen LogP contribution in [0.25, 0.3) is 10.8 Å². The van der Waals surface area contributed by atoms with Crippen molar-refractivity contribution in [3.05, 3.63) is 77.9 Å². The highest BCUT2D eigenvalue weighted by Crippen LogP contribution is 2.30. The zero-order valence-corrected chi connectivity index (χ0v) is 14.6. The van der Waals surface area contributed by atoms with Crippen molar-refractivity contribution in [3.8, 4) is 0 Å². The van der Waals surface area contributed by atoms with Crippen molar-refractivity contribution in [1.29, 1.82) is 0 Å². The third-order valence-electron chi connectivity index (χ3n) is 4.45. The van der Waals surface area contributed by atoms with E-state index in [4.69, 9.17) is 0 Å². The summed E-state index contributed by atoms with van der Waals surface area (Å²) in [5.74, 6) is 2.09. The zero-order valence-electron chi connectivity index (χ0n) is 13.8. The Bertz CT molecular complexity index is 896. The van der Waals surface area contributed by atoms with Crippen LogP contribution in [0, 0.1) is 0 Å². The van der Waals surface area contributed by atoms with Gasteiger partial charge in [-0.25, -0.2) is 0 Å². The van der Waals surface area contributed by atoms with Gasteiger partial charge in [0, 0.05) is 29.8 Å². The Hall–Kier alpha value is -2.26.